The lowest BCUT2D eigenvalue weighted by Crippen LogP contribution is -2.06. The van der Waals surface area contributed by atoms with E-state index in [0.29, 0.717) is 0 Å². The zero-order chi connectivity index (χ0) is 10.9. The number of hydrogen-bond donors (Lipinski definition) is 0. The standard InChI is InChI=1S/C13H17NO/c1-2-3-9-13(11-15)14-10-12-7-5-4-6-8-12/h4-8,10-11,13H,2-3,9H2,1H3. The Balaban J connectivity index is 2.51. The Morgan fingerprint density at radius 3 is 2.67 bits per heavy atom. The lowest BCUT2D eigenvalue weighted by atomic mass is 10.1. The quantitative estimate of drug-likeness (QED) is 0.516. The van der Waals surface area contributed by atoms with Crippen molar-refractivity contribution in [2.24, 2.45) is 4.99 Å². The van der Waals surface area contributed by atoms with Gasteiger partial charge in [0.05, 0.1) is 0 Å². The van der Waals surface area contributed by atoms with Gasteiger partial charge in [0.1, 0.15) is 12.3 Å². The molecule has 1 rings (SSSR count). The van der Waals surface area contributed by atoms with Gasteiger partial charge in [-0.2, -0.15) is 0 Å². The van der Waals surface area contributed by atoms with Crippen molar-refractivity contribution in [2.75, 3.05) is 0 Å². The summed E-state index contributed by atoms with van der Waals surface area (Å²) in [5.74, 6) is 0. The van der Waals surface area contributed by atoms with Crippen molar-refractivity contribution in [3.63, 3.8) is 0 Å². The summed E-state index contributed by atoms with van der Waals surface area (Å²) in [5, 5.41) is 0. The van der Waals surface area contributed by atoms with E-state index < -0.39 is 0 Å². The molecule has 0 heterocycles. The van der Waals surface area contributed by atoms with Crippen LogP contribution >= 0.6 is 0 Å². The molecule has 0 N–H and O–H groups in total. The van der Waals surface area contributed by atoms with E-state index in [1.54, 1.807) is 6.21 Å². The molecule has 0 fully saturated rings. The molecule has 2 nitrogen and oxygen atoms in total. The highest BCUT2D eigenvalue weighted by atomic mass is 16.1. The number of unbranched alkanes of at least 4 members (excludes halogenated alkanes) is 1. The van der Waals surface area contributed by atoms with Crippen LogP contribution in [0.25, 0.3) is 0 Å². The molecular weight excluding hydrogens is 186 g/mol. The smallest absolute Gasteiger partial charge is 0.144 e. The second-order valence-electron chi connectivity index (χ2n) is 3.53. The molecule has 0 bridgehead atoms. The Hall–Kier alpha value is -1.44. The molecule has 0 saturated heterocycles. The van der Waals surface area contributed by atoms with Gasteiger partial charge in [-0.25, -0.2) is 0 Å². The topological polar surface area (TPSA) is 29.4 Å². The molecule has 1 aromatic carbocycles. The third-order valence-corrected chi connectivity index (χ3v) is 2.23. The summed E-state index contributed by atoms with van der Waals surface area (Å²) in [5.41, 5.74) is 1.04. The van der Waals surface area contributed by atoms with Crippen LogP contribution in [0.4, 0.5) is 0 Å². The van der Waals surface area contributed by atoms with Crippen LogP contribution in [0.15, 0.2) is 35.3 Å². The Bertz CT molecular complexity index is 306. The SMILES string of the molecule is CCCCC(C=O)N=Cc1ccccc1. The second kappa shape index (κ2) is 6.93. The van der Waals surface area contributed by atoms with Crippen molar-refractivity contribution in [3.8, 4) is 0 Å². The molecule has 0 saturated carbocycles. The van der Waals surface area contributed by atoms with Crippen LogP contribution in [0.3, 0.4) is 0 Å². The van der Waals surface area contributed by atoms with E-state index in [1.165, 1.54) is 0 Å². The van der Waals surface area contributed by atoms with E-state index in [1.807, 2.05) is 30.3 Å². The molecule has 0 aliphatic rings. The molecule has 0 amide bonds. The number of aliphatic imine (C=N–C) groups is 1. The summed E-state index contributed by atoms with van der Waals surface area (Å²) in [6.45, 7) is 2.11. The Labute approximate surface area is 91.0 Å². The van der Waals surface area contributed by atoms with E-state index in [-0.39, 0.29) is 6.04 Å². The maximum Gasteiger partial charge on any atom is 0.144 e. The van der Waals surface area contributed by atoms with Crippen LogP contribution in [0, 0.1) is 0 Å². The van der Waals surface area contributed by atoms with Gasteiger partial charge in [0.15, 0.2) is 0 Å². The maximum absolute atomic E-state index is 10.7. The zero-order valence-corrected chi connectivity index (χ0v) is 9.10. The largest absolute Gasteiger partial charge is 0.301 e. The molecule has 1 aromatic rings. The highest BCUT2D eigenvalue weighted by Gasteiger charge is 2.01. The minimum Gasteiger partial charge on any atom is -0.301 e. The van der Waals surface area contributed by atoms with Gasteiger partial charge in [-0.05, 0) is 12.0 Å². The van der Waals surface area contributed by atoms with Crippen LogP contribution in [-0.2, 0) is 4.79 Å². The van der Waals surface area contributed by atoms with Crippen molar-refractivity contribution in [3.05, 3.63) is 35.9 Å². The van der Waals surface area contributed by atoms with Crippen molar-refractivity contribution in [2.45, 2.75) is 32.2 Å². The van der Waals surface area contributed by atoms with Crippen LogP contribution in [0.5, 0.6) is 0 Å². The first-order valence-corrected chi connectivity index (χ1v) is 5.40. The first-order chi connectivity index (χ1) is 7.36. The minimum atomic E-state index is -0.176. The average molecular weight is 203 g/mol. The molecule has 80 valence electrons. The predicted molar refractivity (Wildman–Crippen MR) is 63.4 cm³/mol. The number of carbonyl (C=O) groups is 1. The summed E-state index contributed by atoms with van der Waals surface area (Å²) < 4.78 is 0. The van der Waals surface area contributed by atoms with E-state index in [2.05, 4.69) is 11.9 Å². The molecule has 0 aromatic heterocycles. The van der Waals surface area contributed by atoms with Gasteiger partial charge in [0.25, 0.3) is 0 Å². The number of carbonyl (C=O) groups excluding carboxylic acids is 1. The summed E-state index contributed by atoms with van der Waals surface area (Å²) in [6, 6.07) is 9.67. The zero-order valence-electron chi connectivity index (χ0n) is 9.10. The number of benzene rings is 1. The van der Waals surface area contributed by atoms with Crippen LogP contribution in [0.2, 0.25) is 0 Å². The Morgan fingerprint density at radius 2 is 2.07 bits per heavy atom. The van der Waals surface area contributed by atoms with Gasteiger partial charge in [-0.1, -0.05) is 50.1 Å². The van der Waals surface area contributed by atoms with E-state index in [9.17, 15) is 4.79 Å². The fraction of sp³-hybridized carbons (Fsp3) is 0.385. The fourth-order valence-electron chi connectivity index (χ4n) is 1.31. The molecule has 2 heteroatoms. The van der Waals surface area contributed by atoms with E-state index >= 15 is 0 Å². The van der Waals surface area contributed by atoms with Crippen LogP contribution in [0.1, 0.15) is 31.7 Å². The Morgan fingerprint density at radius 1 is 1.33 bits per heavy atom. The second-order valence-corrected chi connectivity index (χ2v) is 3.53. The first-order valence-electron chi connectivity index (χ1n) is 5.40. The lowest BCUT2D eigenvalue weighted by molar-refractivity contribution is -0.108. The molecule has 1 atom stereocenters. The third-order valence-electron chi connectivity index (χ3n) is 2.23. The van der Waals surface area contributed by atoms with Crippen LogP contribution in [-0.4, -0.2) is 18.5 Å². The maximum atomic E-state index is 10.7. The van der Waals surface area contributed by atoms with Gasteiger partial charge in [-0.15, -0.1) is 0 Å². The molecule has 0 aliphatic heterocycles. The summed E-state index contributed by atoms with van der Waals surface area (Å²) in [6.07, 6.45) is 5.70. The predicted octanol–water partition coefficient (Wildman–Crippen LogP) is 2.86. The molecule has 1 unspecified atom stereocenters. The molecular formula is C13H17NO. The molecule has 0 spiro atoms. The van der Waals surface area contributed by atoms with E-state index in [0.717, 1.165) is 31.1 Å². The number of rotatable bonds is 6. The van der Waals surface area contributed by atoms with Crippen molar-refractivity contribution in [1.82, 2.24) is 0 Å². The summed E-state index contributed by atoms with van der Waals surface area (Å²) in [7, 11) is 0. The van der Waals surface area contributed by atoms with Crippen LogP contribution < -0.4 is 0 Å². The third kappa shape index (κ3) is 4.54. The van der Waals surface area contributed by atoms with Gasteiger partial charge < -0.3 is 4.79 Å². The number of hydrogen-bond acceptors (Lipinski definition) is 2. The van der Waals surface area contributed by atoms with Gasteiger partial charge in [0, 0.05) is 6.21 Å². The molecule has 0 radical (unpaired) electrons. The van der Waals surface area contributed by atoms with E-state index in [4.69, 9.17) is 0 Å². The van der Waals surface area contributed by atoms with Gasteiger partial charge in [0.2, 0.25) is 0 Å². The summed E-state index contributed by atoms with van der Waals surface area (Å²) >= 11 is 0. The monoisotopic (exact) mass is 203 g/mol. The Kier molecular flexibility index (Phi) is 5.38. The van der Waals surface area contributed by atoms with Gasteiger partial charge in [-0.3, -0.25) is 4.99 Å². The van der Waals surface area contributed by atoms with Crippen molar-refractivity contribution < 1.29 is 4.79 Å². The van der Waals surface area contributed by atoms with Crippen molar-refractivity contribution >= 4 is 12.5 Å². The number of nitrogens with zero attached hydrogens (tertiary/aromatic N) is 1. The summed E-state index contributed by atoms with van der Waals surface area (Å²) in [4.78, 5) is 15.0. The fourth-order valence-corrected chi connectivity index (χ4v) is 1.31. The average Bonchev–Trinajstić information content (AvgIpc) is 2.31. The first kappa shape index (κ1) is 11.6. The van der Waals surface area contributed by atoms with Gasteiger partial charge >= 0.3 is 0 Å². The molecule has 0 aliphatic carbocycles. The number of aldehydes is 1. The van der Waals surface area contributed by atoms with Crippen molar-refractivity contribution in [1.29, 1.82) is 0 Å². The molecule has 15 heavy (non-hydrogen) atoms. The lowest BCUT2D eigenvalue weighted by Gasteiger charge is -2.02. The highest BCUT2D eigenvalue weighted by Crippen LogP contribution is 2.03. The highest BCUT2D eigenvalue weighted by molar-refractivity contribution is 5.80. The normalized spacial score (nSPS) is 12.9. The minimum absolute atomic E-state index is 0.176.